The third-order valence-corrected chi connectivity index (χ3v) is 4.06. The van der Waals surface area contributed by atoms with Crippen LogP contribution in [0.15, 0.2) is 28.2 Å². The molecule has 1 rings (SSSR count). The van der Waals surface area contributed by atoms with Crippen LogP contribution in [-0.4, -0.2) is 37.5 Å². The minimum Gasteiger partial charge on any atom is -0.366 e. The van der Waals surface area contributed by atoms with Crippen molar-refractivity contribution in [2.45, 2.75) is 17.5 Å². The Morgan fingerprint density at radius 1 is 1.39 bits per heavy atom. The topological polar surface area (TPSA) is 70.2 Å². The van der Waals surface area contributed by atoms with Crippen molar-refractivity contribution in [1.29, 1.82) is 0 Å². The first kappa shape index (κ1) is 14.7. The predicted molar refractivity (Wildman–Crippen MR) is 57.6 cm³/mol. The average Bonchev–Trinajstić information content (AvgIpc) is 2.25. The maximum atomic E-state index is 12.0. The van der Waals surface area contributed by atoms with Crippen molar-refractivity contribution >= 4 is 10.0 Å². The molecular weight excluding hydrogens is 273 g/mol. The van der Waals surface area contributed by atoms with E-state index >= 15 is 0 Å². The maximum absolute atomic E-state index is 12.0. The molecule has 0 fully saturated rings. The second kappa shape index (κ2) is 5.11. The molecule has 102 valence electrons. The lowest BCUT2D eigenvalue weighted by atomic mass is 10.4. The van der Waals surface area contributed by atoms with Crippen LogP contribution >= 0.6 is 0 Å². The van der Waals surface area contributed by atoms with E-state index in [0.717, 1.165) is 19.3 Å². The molecule has 0 aliphatic carbocycles. The van der Waals surface area contributed by atoms with Gasteiger partial charge in [-0.1, -0.05) is 0 Å². The number of aromatic nitrogens is 1. The molecule has 0 saturated heterocycles. The van der Waals surface area contributed by atoms with Gasteiger partial charge in [0, 0.05) is 32.1 Å². The summed E-state index contributed by atoms with van der Waals surface area (Å²) in [5.74, 6) is 0. The van der Waals surface area contributed by atoms with Crippen LogP contribution in [0.3, 0.4) is 0 Å². The van der Waals surface area contributed by atoms with Crippen LogP contribution in [0.2, 0.25) is 0 Å². The summed E-state index contributed by atoms with van der Waals surface area (Å²) in [7, 11) is -3.21. The smallest absolute Gasteiger partial charge is 0.366 e. The van der Waals surface area contributed by atoms with Gasteiger partial charge in [-0.2, -0.15) is 13.2 Å². The molecule has 0 radical (unpaired) electrons. The van der Waals surface area contributed by atoms with Crippen molar-refractivity contribution in [2.24, 2.45) is 0 Å². The lowest BCUT2D eigenvalue weighted by molar-refractivity contribution is -0.135. The number of alkyl halides is 3. The second-order valence-electron chi connectivity index (χ2n) is 3.56. The van der Waals surface area contributed by atoms with Crippen molar-refractivity contribution < 1.29 is 21.6 Å². The van der Waals surface area contributed by atoms with Gasteiger partial charge in [0.25, 0.3) is 0 Å². The Morgan fingerprint density at radius 2 is 2.00 bits per heavy atom. The highest BCUT2D eigenvalue weighted by atomic mass is 32.2. The molecule has 1 heterocycles. The van der Waals surface area contributed by atoms with Gasteiger partial charge < -0.3 is 4.98 Å². The minimum atomic E-state index is -4.45. The van der Waals surface area contributed by atoms with E-state index in [9.17, 15) is 26.4 Å². The summed E-state index contributed by atoms with van der Waals surface area (Å²) in [5.41, 5.74) is -0.771. The zero-order valence-electron chi connectivity index (χ0n) is 9.36. The molecule has 0 aromatic carbocycles. The summed E-state index contributed by atoms with van der Waals surface area (Å²) in [6.07, 6.45) is -3.54. The van der Waals surface area contributed by atoms with Gasteiger partial charge in [0.1, 0.15) is 4.90 Å². The first-order valence-corrected chi connectivity index (χ1v) is 6.29. The van der Waals surface area contributed by atoms with E-state index in [1.54, 1.807) is 0 Å². The molecule has 18 heavy (non-hydrogen) atoms. The molecular formula is C9H11F3N2O3S. The summed E-state index contributed by atoms with van der Waals surface area (Å²) in [6, 6.07) is 0.991. The highest BCUT2D eigenvalue weighted by Crippen LogP contribution is 2.21. The highest BCUT2D eigenvalue weighted by molar-refractivity contribution is 7.89. The Kier molecular flexibility index (Phi) is 4.17. The summed E-state index contributed by atoms with van der Waals surface area (Å²) >= 11 is 0. The molecule has 0 atom stereocenters. The third kappa shape index (κ3) is 3.57. The first-order chi connectivity index (χ1) is 8.14. The fourth-order valence-corrected chi connectivity index (χ4v) is 2.38. The molecule has 0 aliphatic heterocycles. The first-order valence-electron chi connectivity index (χ1n) is 4.85. The molecule has 0 aliphatic rings. The van der Waals surface area contributed by atoms with Crippen molar-refractivity contribution in [1.82, 2.24) is 9.29 Å². The second-order valence-corrected chi connectivity index (χ2v) is 5.58. The lowest BCUT2D eigenvalue weighted by Crippen LogP contribution is -2.33. The number of nitrogens with zero attached hydrogens (tertiary/aromatic N) is 1. The third-order valence-electron chi connectivity index (χ3n) is 2.19. The Labute approximate surface area is 101 Å². The van der Waals surface area contributed by atoms with Crippen LogP contribution in [0.5, 0.6) is 0 Å². The number of aromatic amines is 1. The Balaban J connectivity index is 2.95. The van der Waals surface area contributed by atoms with E-state index in [1.165, 1.54) is 6.20 Å². The molecule has 0 saturated carbocycles. The van der Waals surface area contributed by atoms with Crippen molar-refractivity contribution in [3.05, 3.63) is 28.7 Å². The Morgan fingerprint density at radius 3 is 2.50 bits per heavy atom. The molecule has 5 nitrogen and oxygen atoms in total. The van der Waals surface area contributed by atoms with Gasteiger partial charge in [0.2, 0.25) is 15.5 Å². The number of sulfonamides is 1. The molecule has 1 N–H and O–H groups in total. The van der Waals surface area contributed by atoms with Gasteiger partial charge in [-0.3, -0.25) is 4.79 Å². The van der Waals surface area contributed by atoms with Crippen LogP contribution in [0, 0.1) is 0 Å². The zero-order chi connectivity index (χ0) is 14.0. The van der Waals surface area contributed by atoms with E-state index in [4.69, 9.17) is 0 Å². The van der Waals surface area contributed by atoms with E-state index < -0.39 is 39.5 Å². The summed E-state index contributed by atoms with van der Waals surface area (Å²) in [5, 5.41) is 0. The minimum absolute atomic E-state index is 0.505. The normalized spacial score (nSPS) is 12.9. The van der Waals surface area contributed by atoms with Crippen molar-refractivity contribution in [3.8, 4) is 0 Å². The van der Waals surface area contributed by atoms with Gasteiger partial charge in [-0.25, -0.2) is 12.7 Å². The number of halogens is 3. The number of pyridine rings is 1. The average molecular weight is 284 g/mol. The molecule has 0 bridgehead atoms. The van der Waals surface area contributed by atoms with Crippen LogP contribution in [0.1, 0.15) is 6.42 Å². The number of hydrogen-bond acceptors (Lipinski definition) is 3. The van der Waals surface area contributed by atoms with Gasteiger partial charge in [0.05, 0.1) is 6.42 Å². The summed E-state index contributed by atoms with van der Waals surface area (Å²) in [6.45, 7) is -0.736. The number of H-pyrrole nitrogens is 1. The fourth-order valence-electron chi connectivity index (χ4n) is 1.17. The molecule has 1 aromatic rings. The van der Waals surface area contributed by atoms with Crippen molar-refractivity contribution in [2.75, 3.05) is 13.6 Å². The van der Waals surface area contributed by atoms with E-state index in [0.29, 0.717) is 4.31 Å². The zero-order valence-corrected chi connectivity index (χ0v) is 10.2. The quantitative estimate of drug-likeness (QED) is 0.894. The van der Waals surface area contributed by atoms with Crippen LogP contribution in [0.25, 0.3) is 0 Å². The standard InChI is InChI=1S/C9H11F3N2O3S/c1-14(5-3-9(10,11)12)18(16,17)8-6-13-4-2-7(8)15/h2,4,6H,3,5H2,1H3,(H,13,15). The lowest BCUT2D eigenvalue weighted by Gasteiger charge is -2.17. The van der Waals surface area contributed by atoms with Crippen LogP contribution in [-0.2, 0) is 10.0 Å². The SMILES string of the molecule is CN(CCC(F)(F)F)S(=O)(=O)c1c[nH]ccc1=O. The van der Waals surface area contributed by atoms with Crippen molar-refractivity contribution in [3.63, 3.8) is 0 Å². The van der Waals surface area contributed by atoms with Gasteiger partial charge >= 0.3 is 6.18 Å². The summed E-state index contributed by atoms with van der Waals surface area (Å²) in [4.78, 5) is 13.2. The summed E-state index contributed by atoms with van der Waals surface area (Å²) < 4.78 is 60.1. The number of hydrogen-bond donors (Lipinski definition) is 1. The Hall–Kier alpha value is -1.35. The highest BCUT2D eigenvalue weighted by Gasteiger charge is 2.31. The molecule has 0 spiro atoms. The van der Waals surface area contributed by atoms with Gasteiger partial charge in [0.15, 0.2) is 0 Å². The van der Waals surface area contributed by atoms with Crippen LogP contribution < -0.4 is 5.43 Å². The van der Waals surface area contributed by atoms with Gasteiger partial charge in [-0.05, 0) is 0 Å². The van der Waals surface area contributed by atoms with Crippen LogP contribution in [0.4, 0.5) is 13.2 Å². The number of nitrogens with one attached hydrogen (secondary N) is 1. The predicted octanol–water partition coefficient (Wildman–Crippen LogP) is 0.948. The van der Waals surface area contributed by atoms with E-state index in [-0.39, 0.29) is 0 Å². The molecule has 9 heteroatoms. The maximum Gasteiger partial charge on any atom is 0.390 e. The fraction of sp³-hybridized carbons (Fsp3) is 0.444. The molecule has 1 aromatic heterocycles. The molecule has 0 amide bonds. The number of rotatable bonds is 4. The Bertz CT molecular complexity index is 565. The van der Waals surface area contributed by atoms with E-state index in [2.05, 4.69) is 4.98 Å². The molecule has 0 unspecified atom stereocenters. The van der Waals surface area contributed by atoms with Gasteiger partial charge in [-0.15, -0.1) is 0 Å². The monoisotopic (exact) mass is 284 g/mol. The largest absolute Gasteiger partial charge is 0.390 e. The van der Waals surface area contributed by atoms with E-state index in [1.807, 2.05) is 0 Å².